The average Bonchev–Trinajstić information content (AvgIpc) is 3.16. The lowest BCUT2D eigenvalue weighted by Gasteiger charge is -2.21. The zero-order valence-corrected chi connectivity index (χ0v) is 15.5. The zero-order chi connectivity index (χ0) is 19.2. The van der Waals surface area contributed by atoms with E-state index >= 15 is 0 Å². The summed E-state index contributed by atoms with van der Waals surface area (Å²) in [5.74, 6) is 0.423. The highest BCUT2D eigenvalue weighted by atomic mass is 16.4. The second-order valence-electron chi connectivity index (χ2n) is 6.59. The molecule has 0 saturated heterocycles. The zero-order valence-electron chi connectivity index (χ0n) is 15.5. The summed E-state index contributed by atoms with van der Waals surface area (Å²) in [6.07, 6.45) is 3.18. The predicted octanol–water partition coefficient (Wildman–Crippen LogP) is 3.49. The van der Waals surface area contributed by atoms with Crippen molar-refractivity contribution in [1.29, 1.82) is 0 Å². The molecule has 5 heteroatoms. The van der Waals surface area contributed by atoms with Crippen LogP contribution in [0.4, 0.5) is 0 Å². The van der Waals surface area contributed by atoms with Gasteiger partial charge in [-0.25, -0.2) is 4.98 Å². The number of carbonyl (C=O) groups is 2. The second-order valence-corrected chi connectivity index (χ2v) is 6.59. The quantitative estimate of drug-likeness (QED) is 0.453. The van der Waals surface area contributed by atoms with Gasteiger partial charge in [0.25, 0.3) is 0 Å². The SMILES string of the molecule is CN(C)C(Cc1ccccc1)c1ncc(C(=O)c2ccccc2CC=O)o1. The van der Waals surface area contributed by atoms with Gasteiger partial charge >= 0.3 is 0 Å². The van der Waals surface area contributed by atoms with Crippen LogP contribution >= 0.6 is 0 Å². The van der Waals surface area contributed by atoms with E-state index in [4.69, 9.17) is 4.42 Å². The van der Waals surface area contributed by atoms with E-state index in [1.807, 2.05) is 43.3 Å². The van der Waals surface area contributed by atoms with E-state index in [-0.39, 0.29) is 24.0 Å². The van der Waals surface area contributed by atoms with Crippen LogP contribution in [0.5, 0.6) is 0 Å². The van der Waals surface area contributed by atoms with Crippen molar-refractivity contribution in [2.24, 2.45) is 0 Å². The number of oxazole rings is 1. The van der Waals surface area contributed by atoms with Gasteiger partial charge in [0.2, 0.25) is 11.7 Å². The van der Waals surface area contributed by atoms with Gasteiger partial charge in [-0.1, -0.05) is 54.6 Å². The summed E-state index contributed by atoms with van der Waals surface area (Å²) in [5.41, 5.74) is 2.32. The van der Waals surface area contributed by atoms with Crippen LogP contribution in [0.15, 0.2) is 65.2 Å². The van der Waals surface area contributed by atoms with Crippen LogP contribution < -0.4 is 0 Å². The second kappa shape index (κ2) is 8.56. The fourth-order valence-electron chi connectivity index (χ4n) is 3.02. The van der Waals surface area contributed by atoms with Crippen LogP contribution in [0.2, 0.25) is 0 Å². The van der Waals surface area contributed by atoms with E-state index in [1.165, 1.54) is 11.8 Å². The number of nitrogens with zero attached hydrogens (tertiary/aromatic N) is 2. The molecule has 1 atom stereocenters. The molecule has 0 bridgehead atoms. The standard InChI is InChI=1S/C22H22N2O3/c1-24(2)19(14-16-8-4-3-5-9-16)22-23-15-20(27-22)21(26)18-11-7-6-10-17(18)12-13-25/h3-11,13,15,19H,12,14H2,1-2H3. The van der Waals surface area contributed by atoms with Crippen LogP contribution in [0.1, 0.15) is 39.2 Å². The highest BCUT2D eigenvalue weighted by molar-refractivity contribution is 6.08. The Morgan fingerprint density at radius 1 is 1.11 bits per heavy atom. The van der Waals surface area contributed by atoms with Crippen LogP contribution in [0.3, 0.4) is 0 Å². The maximum absolute atomic E-state index is 12.8. The molecule has 0 aliphatic heterocycles. The van der Waals surface area contributed by atoms with Crippen molar-refractivity contribution in [2.75, 3.05) is 14.1 Å². The highest BCUT2D eigenvalue weighted by Gasteiger charge is 2.23. The van der Waals surface area contributed by atoms with Gasteiger partial charge in [0.15, 0.2) is 5.76 Å². The number of aromatic nitrogens is 1. The first-order valence-electron chi connectivity index (χ1n) is 8.82. The van der Waals surface area contributed by atoms with Crippen molar-refractivity contribution >= 4 is 12.1 Å². The van der Waals surface area contributed by atoms with Crippen molar-refractivity contribution < 1.29 is 14.0 Å². The van der Waals surface area contributed by atoms with E-state index in [0.29, 0.717) is 17.0 Å². The van der Waals surface area contributed by atoms with E-state index in [1.54, 1.807) is 18.2 Å². The van der Waals surface area contributed by atoms with Crippen molar-refractivity contribution in [1.82, 2.24) is 9.88 Å². The van der Waals surface area contributed by atoms with Crippen molar-refractivity contribution in [3.8, 4) is 0 Å². The smallest absolute Gasteiger partial charge is 0.230 e. The molecule has 5 nitrogen and oxygen atoms in total. The summed E-state index contributed by atoms with van der Waals surface area (Å²) in [6.45, 7) is 0. The molecular weight excluding hydrogens is 340 g/mol. The van der Waals surface area contributed by atoms with Crippen molar-refractivity contribution in [3.63, 3.8) is 0 Å². The molecule has 0 aliphatic rings. The van der Waals surface area contributed by atoms with Crippen LogP contribution in [-0.4, -0.2) is 36.0 Å². The van der Waals surface area contributed by atoms with Gasteiger partial charge < -0.3 is 9.21 Å². The van der Waals surface area contributed by atoms with E-state index in [0.717, 1.165) is 12.7 Å². The molecule has 0 fully saturated rings. The van der Waals surface area contributed by atoms with Crippen molar-refractivity contribution in [3.05, 3.63) is 89.1 Å². The summed E-state index contributed by atoms with van der Waals surface area (Å²) >= 11 is 0. The molecule has 27 heavy (non-hydrogen) atoms. The normalized spacial score (nSPS) is 12.1. The minimum Gasteiger partial charge on any atom is -0.435 e. The Kier molecular flexibility index (Phi) is 5.94. The Bertz CT molecular complexity index is 916. The third-order valence-electron chi connectivity index (χ3n) is 4.49. The van der Waals surface area contributed by atoms with Crippen LogP contribution in [0, 0.1) is 0 Å². The number of carbonyl (C=O) groups excluding carboxylic acids is 2. The highest BCUT2D eigenvalue weighted by Crippen LogP contribution is 2.24. The number of hydrogen-bond acceptors (Lipinski definition) is 5. The first-order valence-corrected chi connectivity index (χ1v) is 8.82. The maximum Gasteiger partial charge on any atom is 0.230 e. The molecule has 3 aromatic rings. The molecule has 0 N–H and O–H groups in total. The summed E-state index contributed by atoms with van der Waals surface area (Å²) < 4.78 is 5.84. The Morgan fingerprint density at radius 3 is 2.52 bits per heavy atom. The topological polar surface area (TPSA) is 63.4 Å². The predicted molar refractivity (Wildman–Crippen MR) is 103 cm³/mol. The van der Waals surface area contributed by atoms with Gasteiger partial charge in [-0.05, 0) is 31.6 Å². The third kappa shape index (κ3) is 4.38. The summed E-state index contributed by atoms with van der Waals surface area (Å²) in [7, 11) is 3.91. The maximum atomic E-state index is 12.8. The number of aldehydes is 1. The molecular formula is C22H22N2O3. The molecule has 2 aromatic carbocycles. The number of ketones is 1. The molecule has 0 radical (unpaired) electrons. The molecule has 138 valence electrons. The molecule has 0 saturated carbocycles. The molecule has 0 spiro atoms. The Morgan fingerprint density at radius 2 is 1.81 bits per heavy atom. The van der Waals surface area contributed by atoms with E-state index in [9.17, 15) is 9.59 Å². The minimum atomic E-state index is -0.261. The van der Waals surface area contributed by atoms with Gasteiger partial charge in [0.05, 0.1) is 12.2 Å². The van der Waals surface area contributed by atoms with Crippen LogP contribution in [-0.2, 0) is 17.6 Å². The summed E-state index contributed by atoms with van der Waals surface area (Å²) in [5, 5.41) is 0. The molecule has 1 unspecified atom stereocenters. The number of likely N-dealkylation sites (N-methyl/N-ethyl adjacent to an activating group) is 1. The molecule has 0 aliphatic carbocycles. The fourth-order valence-corrected chi connectivity index (χ4v) is 3.02. The van der Waals surface area contributed by atoms with Gasteiger partial charge in [0.1, 0.15) is 6.29 Å². The Hall–Kier alpha value is -3.05. The van der Waals surface area contributed by atoms with Gasteiger partial charge in [-0.2, -0.15) is 0 Å². The van der Waals surface area contributed by atoms with E-state index < -0.39 is 0 Å². The number of hydrogen-bond donors (Lipinski definition) is 0. The molecule has 0 amide bonds. The first-order chi connectivity index (χ1) is 13.1. The van der Waals surface area contributed by atoms with Gasteiger partial charge in [-0.3, -0.25) is 9.69 Å². The molecule has 1 aromatic heterocycles. The van der Waals surface area contributed by atoms with Crippen molar-refractivity contribution in [2.45, 2.75) is 18.9 Å². The largest absolute Gasteiger partial charge is 0.435 e. The monoisotopic (exact) mass is 362 g/mol. The number of rotatable bonds is 8. The lowest BCUT2D eigenvalue weighted by atomic mass is 10.0. The Labute approximate surface area is 158 Å². The third-order valence-corrected chi connectivity index (χ3v) is 4.49. The lowest BCUT2D eigenvalue weighted by Crippen LogP contribution is -2.22. The summed E-state index contributed by atoms with van der Waals surface area (Å²) in [4.78, 5) is 30.1. The van der Waals surface area contributed by atoms with Crippen LogP contribution in [0.25, 0.3) is 0 Å². The minimum absolute atomic E-state index is 0.0841. The van der Waals surface area contributed by atoms with Gasteiger partial charge in [0, 0.05) is 12.0 Å². The molecule has 1 heterocycles. The van der Waals surface area contributed by atoms with Gasteiger partial charge in [-0.15, -0.1) is 0 Å². The number of benzene rings is 2. The Balaban J connectivity index is 1.86. The first kappa shape index (κ1) is 18.7. The average molecular weight is 362 g/mol. The lowest BCUT2D eigenvalue weighted by molar-refractivity contribution is -0.107. The van der Waals surface area contributed by atoms with E-state index in [2.05, 4.69) is 17.1 Å². The summed E-state index contributed by atoms with van der Waals surface area (Å²) in [6, 6.07) is 17.1. The fraction of sp³-hybridized carbons (Fsp3) is 0.227. The molecule has 3 rings (SSSR count).